The highest BCUT2D eigenvalue weighted by Gasteiger charge is 2.36. The van der Waals surface area contributed by atoms with Crippen molar-refractivity contribution in [2.75, 3.05) is 13.6 Å². The second-order valence-corrected chi connectivity index (χ2v) is 5.41. The van der Waals surface area contributed by atoms with Gasteiger partial charge >= 0.3 is 0 Å². The highest BCUT2D eigenvalue weighted by atomic mass is 15.6. The fourth-order valence-corrected chi connectivity index (χ4v) is 1.51. The van der Waals surface area contributed by atoms with E-state index in [9.17, 15) is 0 Å². The summed E-state index contributed by atoms with van der Waals surface area (Å²) in [6.07, 6.45) is 0. The third-order valence-electron chi connectivity index (χ3n) is 2.03. The molecule has 0 N–H and O–H groups in total. The Balaban J connectivity index is 2.81. The predicted octanol–water partition coefficient (Wildman–Crippen LogP) is 2.52. The zero-order valence-electron chi connectivity index (χ0n) is 10.00. The van der Waals surface area contributed by atoms with Crippen LogP contribution in [0.1, 0.15) is 34.6 Å². The lowest BCUT2D eigenvalue weighted by Crippen LogP contribution is -2.39. The smallest absolute Gasteiger partial charge is 0.150 e. The molecular formula is C10H20N4. The van der Waals surface area contributed by atoms with E-state index in [0.29, 0.717) is 0 Å². The summed E-state index contributed by atoms with van der Waals surface area (Å²) in [5.41, 5.74) is -0.0601. The topological polar surface area (TPSA) is 40.3 Å². The van der Waals surface area contributed by atoms with Crippen LogP contribution in [0.15, 0.2) is 15.3 Å². The molecule has 0 aromatic carbocycles. The fraction of sp³-hybridized carbons (Fsp3) is 0.900. The number of rotatable bonds is 1. The average molecular weight is 196 g/mol. The van der Waals surface area contributed by atoms with Crippen molar-refractivity contribution in [1.82, 2.24) is 5.01 Å². The van der Waals surface area contributed by atoms with Gasteiger partial charge in [0.1, 0.15) is 5.54 Å². The quantitative estimate of drug-likeness (QED) is 0.635. The Morgan fingerprint density at radius 2 is 1.93 bits per heavy atom. The van der Waals surface area contributed by atoms with Gasteiger partial charge in [-0.05, 0) is 19.3 Å². The molecule has 0 bridgehead atoms. The van der Waals surface area contributed by atoms with E-state index in [1.54, 1.807) is 7.05 Å². The fourth-order valence-electron chi connectivity index (χ4n) is 1.51. The van der Waals surface area contributed by atoms with Crippen LogP contribution in [0.25, 0.3) is 0 Å². The summed E-state index contributed by atoms with van der Waals surface area (Å²) in [6.45, 7) is 11.5. The van der Waals surface area contributed by atoms with Crippen LogP contribution in [-0.4, -0.2) is 30.0 Å². The van der Waals surface area contributed by atoms with E-state index in [4.69, 9.17) is 0 Å². The average Bonchev–Trinajstić information content (AvgIpc) is 2.23. The van der Waals surface area contributed by atoms with Crippen molar-refractivity contribution in [1.29, 1.82) is 0 Å². The third-order valence-corrected chi connectivity index (χ3v) is 2.03. The van der Waals surface area contributed by atoms with Gasteiger partial charge < -0.3 is 0 Å². The summed E-state index contributed by atoms with van der Waals surface area (Å²) in [5.74, 6) is 0.951. The Labute approximate surface area is 86.1 Å². The first-order chi connectivity index (χ1) is 6.26. The summed E-state index contributed by atoms with van der Waals surface area (Å²) < 4.78 is 0. The van der Waals surface area contributed by atoms with E-state index >= 15 is 0 Å². The van der Waals surface area contributed by atoms with E-state index in [-0.39, 0.29) is 11.0 Å². The maximum absolute atomic E-state index is 4.26. The highest BCUT2D eigenvalue weighted by Crippen LogP contribution is 2.26. The van der Waals surface area contributed by atoms with Gasteiger partial charge in [-0.3, -0.25) is 4.99 Å². The zero-order chi connectivity index (χ0) is 11.0. The molecule has 1 aliphatic heterocycles. The SMILES string of the molecule is CN=C1N(CC(C)(C)C)N=NC1(C)C. The van der Waals surface area contributed by atoms with Crippen LogP contribution in [-0.2, 0) is 0 Å². The van der Waals surface area contributed by atoms with E-state index in [2.05, 4.69) is 36.1 Å². The Kier molecular flexibility index (Phi) is 2.65. The molecule has 0 aromatic rings. The van der Waals surface area contributed by atoms with Crippen LogP contribution in [0.5, 0.6) is 0 Å². The summed E-state index contributed by atoms with van der Waals surface area (Å²) in [6, 6.07) is 0. The van der Waals surface area contributed by atoms with Crippen molar-refractivity contribution < 1.29 is 0 Å². The van der Waals surface area contributed by atoms with Crippen molar-refractivity contribution in [3.8, 4) is 0 Å². The van der Waals surface area contributed by atoms with Crippen LogP contribution in [0.2, 0.25) is 0 Å². The molecule has 1 aliphatic rings. The molecule has 0 atom stereocenters. The Hall–Kier alpha value is -0.930. The first kappa shape index (κ1) is 11.1. The minimum Gasteiger partial charge on any atom is -0.272 e. The minimum atomic E-state index is -0.264. The van der Waals surface area contributed by atoms with Gasteiger partial charge in [-0.1, -0.05) is 26.0 Å². The van der Waals surface area contributed by atoms with Crippen molar-refractivity contribution >= 4 is 5.84 Å². The first-order valence-corrected chi connectivity index (χ1v) is 4.94. The highest BCUT2D eigenvalue weighted by molar-refractivity contribution is 5.91. The molecule has 0 radical (unpaired) electrons. The van der Waals surface area contributed by atoms with Gasteiger partial charge in [0.05, 0.1) is 0 Å². The van der Waals surface area contributed by atoms with E-state index in [1.807, 2.05) is 18.9 Å². The van der Waals surface area contributed by atoms with E-state index < -0.39 is 0 Å². The molecule has 0 saturated carbocycles. The van der Waals surface area contributed by atoms with Gasteiger partial charge in [0.15, 0.2) is 5.84 Å². The Morgan fingerprint density at radius 3 is 2.36 bits per heavy atom. The molecule has 0 unspecified atom stereocenters. The molecule has 0 aromatic heterocycles. The second kappa shape index (κ2) is 3.33. The Bertz CT molecular complexity index is 270. The van der Waals surface area contributed by atoms with Crippen molar-refractivity contribution in [3.05, 3.63) is 0 Å². The maximum atomic E-state index is 4.26. The lowest BCUT2D eigenvalue weighted by Gasteiger charge is -2.26. The standard InChI is InChI=1S/C10H20N4/c1-9(2,3)7-14-8(11-6)10(4,5)12-13-14/h7H2,1-6H3. The van der Waals surface area contributed by atoms with Gasteiger partial charge in [-0.2, -0.15) is 5.11 Å². The monoisotopic (exact) mass is 196 g/mol. The lowest BCUT2D eigenvalue weighted by atomic mass is 9.95. The first-order valence-electron chi connectivity index (χ1n) is 4.94. The zero-order valence-corrected chi connectivity index (χ0v) is 10.00. The van der Waals surface area contributed by atoms with Gasteiger partial charge in [-0.15, -0.1) is 0 Å². The number of nitrogens with zero attached hydrogens (tertiary/aromatic N) is 4. The molecule has 14 heavy (non-hydrogen) atoms. The summed E-state index contributed by atoms with van der Waals surface area (Å²) in [5, 5.41) is 10.3. The van der Waals surface area contributed by atoms with Crippen molar-refractivity contribution in [2.45, 2.75) is 40.2 Å². The molecule has 0 fully saturated rings. The molecular weight excluding hydrogens is 176 g/mol. The van der Waals surface area contributed by atoms with Gasteiger partial charge in [0.25, 0.3) is 0 Å². The van der Waals surface area contributed by atoms with Gasteiger partial charge in [0, 0.05) is 13.6 Å². The van der Waals surface area contributed by atoms with Crippen LogP contribution in [0.4, 0.5) is 0 Å². The van der Waals surface area contributed by atoms with Crippen LogP contribution in [0, 0.1) is 5.41 Å². The normalized spacial score (nSPS) is 23.6. The molecule has 0 spiro atoms. The number of hydrogen-bond acceptors (Lipinski definition) is 3. The van der Waals surface area contributed by atoms with Gasteiger partial charge in [-0.25, -0.2) is 5.01 Å². The molecule has 0 saturated heterocycles. The van der Waals surface area contributed by atoms with Crippen LogP contribution < -0.4 is 0 Å². The van der Waals surface area contributed by atoms with Crippen LogP contribution >= 0.6 is 0 Å². The largest absolute Gasteiger partial charge is 0.272 e. The van der Waals surface area contributed by atoms with Crippen LogP contribution in [0.3, 0.4) is 0 Å². The summed E-state index contributed by atoms with van der Waals surface area (Å²) in [7, 11) is 1.79. The lowest BCUT2D eigenvalue weighted by molar-refractivity contribution is 0.280. The van der Waals surface area contributed by atoms with Crippen molar-refractivity contribution in [3.63, 3.8) is 0 Å². The van der Waals surface area contributed by atoms with E-state index in [0.717, 1.165) is 12.4 Å². The Morgan fingerprint density at radius 1 is 1.36 bits per heavy atom. The molecule has 1 heterocycles. The molecule has 4 nitrogen and oxygen atoms in total. The molecule has 0 amide bonds. The number of aliphatic imine (C=N–C) groups is 1. The second-order valence-electron chi connectivity index (χ2n) is 5.41. The minimum absolute atomic E-state index is 0.204. The number of amidine groups is 1. The predicted molar refractivity (Wildman–Crippen MR) is 58.5 cm³/mol. The summed E-state index contributed by atoms with van der Waals surface area (Å²) >= 11 is 0. The molecule has 1 rings (SSSR count). The third kappa shape index (κ3) is 2.30. The van der Waals surface area contributed by atoms with Crippen molar-refractivity contribution in [2.24, 2.45) is 20.7 Å². The van der Waals surface area contributed by atoms with E-state index in [1.165, 1.54) is 0 Å². The molecule has 4 heteroatoms. The summed E-state index contributed by atoms with van der Waals surface area (Å²) in [4.78, 5) is 4.26. The molecule has 0 aliphatic carbocycles. The number of hydrogen-bond donors (Lipinski definition) is 0. The maximum Gasteiger partial charge on any atom is 0.150 e. The molecule has 80 valence electrons. The van der Waals surface area contributed by atoms with Gasteiger partial charge in [0.2, 0.25) is 0 Å².